The van der Waals surface area contributed by atoms with Crippen molar-refractivity contribution in [2.24, 2.45) is 11.7 Å². The summed E-state index contributed by atoms with van der Waals surface area (Å²) in [4.78, 5) is 14.2. The number of carbonyl (C=O) groups excluding carboxylic acids is 1. The second-order valence-electron chi connectivity index (χ2n) is 5.20. The summed E-state index contributed by atoms with van der Waals surface area (Å²) in [6, 6.07) is 4.92. The number of anilines is 1. The molecule has 3 N–H and O–H groups in total. The van der Waals surface area contributed by atoms with E-state index in [1.54, 1.807) is 18.2 Å². The maximum atomic E-state index is 12.4. The highest BCUT2D eigenvalue weighted by molar-refractivity contribution is 6.35. The molecule has 20 heavy (non-hydrogen) atoms. The van der Waals surface area contributed by atoms with E-state index < -0.39 is 0 Å². The molecule has 0 saturated carbocycles. The summed E-state index contributed by atoms with van der Waals surface area (Å²) in [6.45, 7) is 3.34. The average Bonchev–Trinajstić information content (AvgIpc) is 2.37. The molecule has 1 heterocycles. The molecule has 4 nitrogen and oxygen atoms in total. The van der Waals surface area contributed by atoms with Crippen LogP contribution in [-0.4, -0.2) is 30.1 Å². The highest BCUT2D eigenvalue weighted by atomic mass is 35.5. The molecule has 6 heteroatoms. The molecule has 1 saturated heterocycles. The van der Waals surface area contributed by atoms with Gasteiger partial charge in [-0.25, -0.2) is 4.79 Å². The molecule has 1 aliphatic heterocycles. The van der Waals surface area contributed by atoms with Crippen LogP contribution in [-0.2, 0) is 0 Å². The van der Waals surface area contributed by atoms with Crippen LogP contribution in [0.25, 0.3) is 0 Å². The van der Waals surface area contributed by atoms with Crippen molar-refractivity contribution in [2.75, 3.05) is 18.4 Å². The van der Waals surface area contributed by atoms with Gasteiger partial charge in [0.25, 0.3) is 0 Å². The zero-order valence-electron chi connectivity index (χ0n) is 11.4. The van der Waals surface area contributed by atoms with Crippen LogP contribution in [0.3, 0.4) is 0 Å². The van der Waals surface area contributed by atoms with Gasteiger partial charge in [-0.3, -0.25) is 0 Å². The number of benzene rings is 1. The fourth-order valence-electron chi connectivity index (χ4n) is 2.68. The van der Waals surface area contributed by atoms with Crippen LogP contribution in [0, 0.1) is 5.92 Å². The van der Waals surface area contributed by atoms with Gasteiger partial charge in [0, 0.05) is 34.9 Å². The van der Waals surface area contributed by atoms with Gasteiger partial charge in [-0.2, -0.15) is 0 Å². The number of likely N-dealkylation sites (tertiary alicyclic amines) is 1. The molecular formula is C14H19Cl2N3O. The smallest absolute Gasteiger partial charge is 0.322 e. The Morgan fingerprint density at radius 2 is 2.05 bits per heavy atom. The maximum Gasteiger partial charge on any atom is 0.322 e. The Morgan fingerprint density at radius 1 is 1.40 bits per heavy atom. The van der Waals surface area contributed by atoms with E-state index in [2.05, 4.69) is 12.2 Å². The van der Waals surface area contributed by atoms with E-state index in [1.807, 2.05) is 4.90 Å². The van der Waals surface area contributed by atoms with Crippen LogP contribution >= 0.6 is 23.2 Å². The van der Waals surface area contributed by atoms with Crippen molar-refractivity contribution in [2.45, 2.75) is 25.8 Å². The minimum atomic E-state index is -0.148. The van der Waals surface area contributed by atoms with Gasteiger partial charge in [0.15, 0.2) is 0 Å². The SMILES string of the molecule is CC1CCCN(C(=O)Nc2cc(Cl)cc(Cl)c2)C1CN. The van der Waals surface area contributed by atoms with E-state index in [0.29, 0.717) is 28.2 Å². The van der Waals surface area contributed by atoms with Crippen molar-refractivity contribution in [1.82, 2.24) is 4.90 Å². The third-order valence-corrected chi connectivity index (χ3v) is 4.17. The third-order valence-electron chi connectivity index (χ3n) is 3.73. The molecule has 0 aromatic heterocycles. The van der Waals surface area contributed by atoms with E-state index in [-0.39, 0.29) is 12.1 Å². The van der Waals surface area contributed by atoms with Crippen molar-refractivity contribution in [1.29, 1.82) is 0 Å². The average molecular weight is 316 g/mol. The first kappa shape index (κ1) is 15.4. The molecule has 110 valence electrons. The molecule has 1 aliphatic rings. The standard InChI is InChI=1S/C14H19Cl2N3O/c1-9-3-2-4-19(13(9)8-17)14(20)18-12-6-10(15)5-11(16)7-12/h5-7,9,13H,2-4,8,17H2,1H3,(H,18,20). The lowest BCUT2D eigenvalue weighted by Crippen LogP contribution is -2.52. The van der Waals surface area contributed by atoms with Crippen molar-refractivity contribution < 1.29 is 4.79 Å². The van der Waals surface area contributed by atoms with Gasteiger partial charge >= 0.3 is 6.03 Å². The molecular weight excluding hydrogens is 297 g/mol. The summed E-state index contributed by atoms with van der Waals surface area (Å²) in [6.07, 6.45) is 2.11. The Balaban J connectivity index is 2.10. The number of nitrogens with zero attached hydrogens (tertiary/aromatic N) is 1. The first-order valence-corrected chi connectivity index (χ1v) is 7.50. The maximum absolute atomic E-state index is 12.4. The summed E-state index contributed by atoms with van der Waals surface area (Å²) >= 11 is 11.9. The minimum Gasteiger partial charge on any atom is -0.328 e. The van der Waals surface area contributed by atoms with Gasteiger partial charge in [0.1, 0.15) is 0 Å². The molecule has 0 aliphatic carbocycles. The van der Waals surface area contributed by atoms with E-state index in [0.717, 1.165) is 19.4 Å². The number of piperidine rings is 1. The van der Waals surface area contributed by atoms with Crippen LogP contribution < -0.4 is 11.1 Å². The van der Waals surface area contributed by atoms with Gasteiger partial charge in [0.05, 0.1) is 0 Å². The first-order chi connectivity index (χ1) is 9.51. The summed E-state index contributed by atoms with van der Waals surface area (Å²) in [7, 11) is 0. The highest BCUT2D eigenvalue weighted by Crippen LogP contribution is 2.25. The number of carbonyl (C=O) groups is 1. The number of halogens is 2. The molecule has 2 amide bonds. The van der Waals surface area contributed by atoms with Crippen molar-refractivity contribution in [3.05, 3.63) is 28.2 Å². The second-order valence-corrected chi connectivity index (χ2v) is 6.08. The molecule has 0 bridgehead atoms. The van der Waals surface area contributed by atoms with Crippen LogP contribution in [0.5, 0.6) is 0 Å². The normalized spacial score (nSPS) is 22.7. The minimum absolute atomic E-state index is 0.0819. The largest absolute Gasteiger partial charge is 0.328 e. The molecule has 0 spiro atoms. The number of urea groups is 1. The number of rotatable bonds is 2. The van der Waals surface area contributed by atoms with Crippen molar-refractivity contribution in [3.63, 3.8) is 0 Å². The number of nitrogens with two attached hydrogens (primary N) is 1. The predicted octanol–water partition coefficient (Wildman–Crippen LogP) is 3.58. The molecule has 2 atom stereocenters. The van der Waals surface area contributed by atoms with Crippen LogP contribution in [0.4, 0.5) is 10.5 Å². The lowest BCUT2D eigenvalue weighted by Gasteiger charge is -2.39. The summed E-state index contributed by atoms with van der Waals surface area (Å²) in [5.41, 5.74) is 6.40. The van der Waals surface area contributed by atoms with Gasteiger partial charge in [-0.15, -0.1) is 0 Å². The second kappa shape index (κ2) is 6.66. The zero-order chi connectivity index (χ0) is 14.7. The lowest BCUT2D eigenvalue weighted by atomic mass is 9.91. The summed E-state index contributed by atoms with van der Waals surface area (Å²) in [5, 5.41) is 3.83. The fourth-order valence-corrected chi connectivity index (χ4v) is 3.21. The number of hydrogen-bond donors (Lipinski definition) is 2. The van der Waals surface area contributed by atoms with Crippen LogP contribution in [0.15, 0.2) is 18.2 Å². The van der Waals surface area contributed by atoms with Crippen molar-refractivity contribution in [3.8, 4) is 0 Å². The zero-order valence-corrected chi connectivity index (χ0v) is 12.9. The summed E-state index contributed by atoms with van der Waals surface area (Å²) < 4.78 is 0. The van der Waals surface area contributed by atoms with E-state index in [4.69, 9.17) is 28.9 Å². The van der Waals surface area contributed by atoms with Gasteiger partial charge in [-0.05, 0) is 37.0 Å². The Hall–Kier alpha value is -0.970. The van der Waals surface area contributed by atoms with E-state index in [9.17, 15) is 4.79 Å². The lowest BCUT2D eigenvalue weighted by molar-refractivity contribution is 0.133. The highest BCUT2D eigenvalue weighted by Gasteiger charge is 2.30. The van der Waals surface area contributed by atoms with Crippen molar-refractivity contribution >= 4 is 34.9 Å². The number of amides is 2. The monoisotopic (exact) mass is 315 g/mol. The topological polar surface area (TPSA) is 58.4 Å². The number of hydrogen-bond acceptors (Lipinski definition) is 2. The molecule has 1 aromatic rings. The van der Waals surface area contributed by atoms with Crippen LogP contribution in [0.2, 0.25) is 10.0 Å². The Bertz CT molecular complexity index is 475. The van der Waals surface area contributed by atoms with Gasteiger partial charge < -0.3 is 16.0 Å². The first-order valence-electron chi connectivity index (χ1n) is 6.75. The molecule has 2 rings (SSSR count). The quantitative estimate of drug-likeness (QED) is 0.876. The van der Waals surface area contributed by atoms with Gasteiger partial charge in [0.2, 0.25) is 0 Å². The van der Waals surface area contributed by atoms with E-state index >= 15 is 0 Å². The molecule has 1 fully saturated rings. The molecule has 2 unspecified atom stereocenters. The van der Waals surface area contributed by atoms with E-state index in [1.165, 1.54) is 0 Å². The van der Waals surface area contributed by atoms with Crippen LogP contribution in [0.1, 0.15) is 19.8 Å². The Kier molecular flexibility index (Phi) is 5.13. The number of nitrogens with one attached hydrogen (secondary N) is 1. The molecule has 1 aromatic carbocycles. The predicted molar refractivity (Wildman–Crippen MR) is 83.4 cm³/mol. The summed E-state index contributed by atoms with van der Waals surface area (Å²) in [5.74, 6) is 0.419. The van der Waals surface area contributed by atoms with Gasteiger partial charge in [-0.1, -0.05) is 30.1 Å². The third kappa shape index (κ3) is 3.57. The fraction of sp³-hybridized carbons (Fsp3) is 0.500. The molecule has 0 radical (unpaired) electrons. The Labute approximate surface area is 129 Å². The Morgan fingerprint density at radius 3 is 2.65 bits per heavy atom.